The zero-order chi connectivity index (χ0) is 11.8. The Labute approximate surface area is 95.4 Å². The molecule has 1 aromatic rings. The summed E-state index contributed by atoms with van der Waals surface area (Å²) in [6, 6.07) is 5.20. The normalized spacial score (nSPS) is 9.25. The minimum atomic E-state index is 0.376. The topological polar surface area (TPSA) is 35.5 Å². The Bertz CT molecular complexity index is 391. The summed E-state index contributed by atoms with van der Waals surface area (Å²) in [6.45, 7) is 2.77. The van der Waals surface area contributed by atoms with E-state index in [4.69, 9.17) is 15.9 Å². The van der Waals surface area contributed by atoms with Crippen LogP contribution in [-0.4, -0.2) is 19.5 Å². The van der Waals surface area contributed by atoms with Crippen LogP contribution in [-0.2, 0) is 0 Å². The molecule has 0 spiro atoms. The third kappa shape index (κ3) is 3.03. The van der Waals surface area contributed by atoms with Gasteiger partial charge < -0.3 is 9.47 Å². The van der Waals surface area contributed by atoms with E-state index in [9.17, 15) is 4.79 Å². The zero-order valence-corrected chi connectivity index (χ0v) is 9.23. The number of hydrogen-bond acceptors (Lipinski definition) is 3. The predicted octanol–water partition coefficient (Wildman–Crippen LogP) is 2.30. The van der Waals surface area contributed by atoms with Gasteiger partial charge in [0.15, 0.2) is 17.8 Å². The Morgan fingerprint density at radius 2 is 2.25 bits per heavy atom. The number of para-hydroxylation sites is 1. The number of benzene rings is 1. The van der Waals surface area contributed by atoms with Gasteiger partial charge >= 0.3 is 0 Å². The van der Waals surface area contributed by atoms with Crippen LogP contribution in [0.3, 0.4) is 0 Å². The van der Waals surface area contributed by atoms with Crippen LogP contribution in [0.15, 0.2) is 18.2 Å². The molecule has 0 fully saturated rings. The first-order valence-corrected chi connectivity index (χ1v) is 5.10. The van der Waals surface area contributed by atoms with E-state index in [0.717, 1.165) is 6.29 Å². The van der Waals surface area contributed by atoms with Gasteiger partial charge in [0.25, 0.3) is 0 Å². The van der Waals surface area contributed by atoms with Crippen molar-refractivity contribution in [2.24, 2.45) is 0 Å². The maximum absolute atomic E-state index is 10.8. The lowest BCUT2D eigenvalue weighted by molar-refractivity contribution is 0.111. The Balaban J connectivity index is 2.91. The second-order valence-corrected chi connectivity index (χ2v) is 3.03. The fraction of sp³-hybridized carbons (Fsp3) is 0.308. The van der Waals surface area contributed by atoms with Crippen LogP contribution in [0, 0.1) is 12.3 Å². The highest BCUT2D eigenvalue weighted by Gasteiger charge is 2.09. The maximum atomic E-state index is 10.8. The van der Waals surface area contributed by atoms with Crippen LogP contribution >= 0.6 is 0 Å². The van der Waals surface area contributed by atoms with Gasteiger partial charge in [-0.15, -0.1) is 12.3 Å². The highest BCUT2D eigenvalue weighted by Crippen LogP contribution is 2.30. The molecule has 0 bridgehead atoms. The maximum Gasteiger partial charge on any atom is 0.171 e. The van der Waals surface area contributed by atoms with E-state index in [1.54, 1.807) is 18.2 Å². The third-order valence-electron chi connectivity index (χ3n) is 1.93. The fourth-order valence-corrected chi connectivity index (χ4v) is 1.26. The van der Waals surface area contributed by atoms with Gasteiger partial charge in [-0.05, 0) is 19.1 Å². The van der Waals surface area contributed by atoms with Crippen LogP contribution < -0.4 is 9.47 Å². The molecular formula is C13H14O3. The summed E-state index contributed by atoms with van der Waals surface area (Å²) in [7, 11) is 0. The van der Waals surface area contributed by atoms with Crippen molar-refractivity contribution in [3.8, 4) is 23.8 Å². The van der Waals surface area contributed by atoms with E-state index in [2.05, 4.69) is 5.92 Å². The second kappa shape index (κ2) is 6.52. The average Bonchev–Trinajstić information content (AvgIpc) is 2.31. The van der Waals surface area contributed by atoms with E-state index in [0.29, 0.717) is 36.7 Å². The van der Waals surface area contributed by atoms with E-state index in [1.165, 1.54) is 0 Å². The van der Waals surface area contributed by atoms with E-state index in [1.807, 2.05) is 6.92 Å². The van der Waals surface area contributed by atoms with E-state index < -0.39 is 0 Å². The summed E-state index contributed by atoms with van der Waals surface area (Å²) in [6.07, 6.45) is 6.37. The molecule has 0 N–H and O–H groups in total. The SMILES string of the molecule is C#CCCOc1c(C=O)cccc1OCC. The lowest BCUT2D eigenvalue weighted by Crippen LogP contribution is -2.02. The molecule has 1 aromatic carbocycles. The Morgan fingerprint density at radius 3 is 2.88 bits per heavy atom. The molecular weight excluding hydrogens is 204 g/mol. The van der Waals surface area contributed by atoms with Crippen LogP contribution in [0.2, 0.25) is 0 Å². The summed E-state index contributed by atoms with van der Waals surface area (Å²) in [4.78, 5) is 10.8. The average molecular weight is 218 g/mol. The van der Waals surface area contributed by atoms with Crippen molar-refractivity contribution in [3.05, 3.63) is 23.8 Å². The number of ether oxygens (including phenoxy) is 2. The number of hydrogen-bond donors (Lipinski definition) is 0. The lowest BCUT2D eigenvalue weighted by Gasteiger charge is -2.12. The second-order valence-electron chi connectivity index (χ2n) is 3.03. The minimum absolute atomic E-state index is 0.376. The van der Waals surface area contributed by atoms with Crippen molar-refractivity contribution in [2.45, 2.75) is 13.3 Å². The first-order valence-electron chi connectivity index (χ1n) is 5.10. The van der Waals surface area contributed by atoms with Crippen molar-refractivity contribution in [1.29, 1.82) is 0 Å². The highest BCUT2D eigenvalue weighted by molar-refractivity contribution is 5.81. The van der Waals surface area contributed by atoms with Gasteiger partial charge in [0.2, 0.25) is 0 Å². The molecule has 3 nitrogen and oxygen atoms in total. The largest absolute Gasteiger partial charge is 0.490 e. The van der Waals surface area contributed by atoms with Gasteiger partial charge in [0, 0.05) is 6.42 Å². The minimum Gasteiger partial charge on any atom is -0.490 e. The first kappa shape index (κ1) is 12.1. The predicted molar refractivity (Wildman–Crippen MR) is 61.9 cm³/mol. The zero-order valence-electron chi connectivity index (χ0n) is 9.23. The van der Waals surface area contributed by atoms with Gasteiger partial charge in [0.1, 0.15) is 0 Å². The van der Waals surface area contributed by atoms with Gasteiger partial charge in [-0.1, -0.05) is 6.07 Å². The lowest BCUT2D eigenvalue weighted by atomic mass is 10.2. The van der Waals surface area contributed by atoms with Crippen molar-refractivity contribution >= 4 is 6.29 Å². The van der Waals surface area contributed by atoms with E-state index in [-0.39, 0.29) is 0 Å². The molecule has 0 amide bonds. The van der Waals surface area contributed by atoms with Crippen LogP contribution in [0.4, 0.5) is 0 Å². The molecule has 0 heterocycles. The molecule has 0 unspecified atom stereocenters. The summed E-state index contributed by atoms with van der Waals surface area (Å²) in [5.74, 6) is 3.51. The van der Waals surface area contributed by atoms with Gasteiger partial charge in [-0.3, -0.25) is 4.79 Å². The van der Waals surface area contributed by atoms with Crippen LogP contribution in [0.1, 0.15) is 23.7 Å². The smallest absolute Gasteiger partial charge is 0.171 e. The Kier molecular flexibility index (Phi) is 4.94. The molecule has 0 aliphatic carbocycles. The molecule has 0 saturated carbocycles. The molecule has 0 radical (unpaired) electrons. The molecule has 16 heavy (non-hydrogen) atoms. The van der Waals surface area contributed by atoms with E-state index >= 15 is 0 Å². The van der Waals surface area contributed by atoms with Crippen molar-refractivity contribution < 1.29 is 14.3 Å². The summed E-state index contributed by atoms with van der Waals surface area (Å²) >= 11 is 0. The van der Waals surface area contributed by atoms with Crippen molar-refractivity contribution in [2.75, 3.05) is 13.2 Å². The fourth-order valence-electron chi connectivity index (χ4n) is 1.26. The first-order chi connectivity index (χ1) is 7.83. The standard InChI is InChI=1S/C13H14O3/c1-3-5-9-16-13-11(10-14)7-6-8-12(13)15-4-2/h1,6-8,10H,4-5,9H2,2H3. The quantitative estimate of drug-likeness (QED) is 0.417. The molecule has 0 aromatic heterocycles. The van der Waals surface area contributed by atoms with Gasteiger partial charge in [-0.25, -0.2) is 0 Å². The third-order valence-corrected chi connectivity index (χ3v) is 1.93. The summed E-state index contributed by atoms with van der Waals surface area (Å²) < 4.78 is 10.8. The molecule has 0 atom stereocenters. The number of carbonyl (C=O) groups is 1. The summed E-state index contributed by atoms with van der Waals surface area (Å²) in [5, 5.41) is 0. The Hall–Kier alpha value is -1.95. The monoisotopic (exact) mass is 218 g/mol. The van der Waals surface area contributed by atoms with Gasteiger partial charge in [0.05, 0.1) is 18.8 Å². The van der Waals surface area contributed by atoms with Crippen LogP contribution in [0.25, 0.3) is 0 Å². The highest BCUT2D eigenvalue weighted by atomic mass is 16.5. The molecule has 84 valence electrons. The molecule has 3 heteroatoms. The van der Waals surface area contributed by atoms with Crippen LogP contribution in [0.5, 0.6) is 11.5 Å². The molecule has 1 rings (SSSR count). The molecule has 0 saturated heterocycles. The molecule has 0 aliphatic rings. The summed E-state index contributed by atoms with van der Waals surface area (Å²) in [5.41, 5.74) is 0.475. The number of carbonyl (C=O) groups excluding carboxylic acids is 1. The number of terminal acetylenes is 1. The van der Waals surface area contributed by atoms with Crippen molar-refractivity contribution in [3.63, 3.8) is 0 Å². The Morgan fingerprint density at radius 1 is 1.44 bits per heavy atom. The van der Waals surface area contributed by atoms with Gasteiger partial charge in [-0.2, -0.15) is 0 Å². The number of aldehydes is 1. The molecule has 0 aliphatic heterocycles. The van der Waals surface area contributed by atoms with Crippen molar-refractivity contribution in [1.82, 2.24) is 0 Å². The number of rotatable bonds is 6.